The molecule has 28 heavy (non-hydrogen) atoms. The van der Waals surface area contributed by atoms with Gasteiger partial charge in [-0.1, -0.05) is 6.07 Å². The number of oxazole rings is 1. The Morgan fingerprint density at radius 3 is 2.57 bits per heavy atom. The fraction of sp³-hybridized carbons (Fsp3) is 0.273. The summed E-state index contributed by atoms with van der Waals surface area (Å²) in [5.41, 5.74) is 6.63. The van der Waals surface area contributed by atoms with Crippen LogP contribution in [0.15, 0.2) is 41.1 Å². The van der Waals surface area contributed by atoms with Gasteiger partial charge in [0.1, 0.15) is 5.82 Å². The second kappa shape index (κ2) is 7.11. The molecular weight excluding hydrogens is 357 g/mol. The van der Waals surface area contributed by atoms with Crippen LogP contribution in [0.25, 0.3) is 0 Å². The van der Waals surface area contributed by atoms with Gasteiger partial charge in [0.2, 0.25) is 5.76 Å². The Labute approximate surface area is 163 Å². The van der Waals surface area contributed by atoms with Crippen LogP contribution in [-0.2, 0) is 13.0 Å². The first kappa shape index (κ1) is 18.2. The summed E-state index contributed by atoms with van der Waals surface area (Å²) < 4.78 is 18.6. The molecule has 1 N–H and O–H groups in total. The highest BCUT2D eigenvalue weighted by Crippen LogP contribution is 2.31. The van der Waals surface area contributed by atoms with E-state index in [1.165, 1.54) is 12.5 Å². The molecule has 4 rings (SSSR count). The molecule has 0 radical (unpaired) electrons. The summed E-state index contributed by atoms with van der Waals surface area (Å²) in [4.78, 5) is 18.7. The SMILES string of the molecule is Cc1cc(N2CCc3cc(F)ccc3C2)cc(C)c1NC(=O)c1ocnc1C. The fourth-order valence-corrected chi connectivity index (χ4v) is 3.75. The molecule has 1 aliphatic rings. The first-order valence-corrected chi connectivity index (χ1v) is 9.27. The van der Waals surface area contributed by atoms with E-state index in [0.717, 1.165) is 53.1 Å². The van der Waals surface area contributed by atoms with Crippen LogP contribution >= 0.6 is 0 Å². The predicted molar refractivity (Wildman–Crippen MR) is 106 cm³/mol. The van der Waals surface area contributed by atoms with E-state index >= 15 is 0 Å². The number of carbonyl (C=O) groups is 1. The van der Waals surface area contributed by atoms with Gasteiger partial charge in [-0.2, -0.15) is 0 Å². The van der Waals surface area contributed by atoms with Gasteiger partial charge in [0.05, 0.1) is 5.69 Å². The van der Waals surface area contributed by atoms with Crippen molar-refractivity contribution in [3.8, 4) is 0 Å². The minimum atomic E-state index is -0.303. The third kappa shape index (κ3) is 3.38. The van der Waals surface area contributed by atoms with Crippen LogP contribution in [0.5, 0.6) is 0 Å². The van der Waals surface area contributed by atoms with E-state index in [9.17, 15) is 9.18 Å². The summed E-state index contributed by atoms with van der Waals surface area (Å²) >= 11 is 0. The molecule has 2 heterocycles. The number of benzene rings is 2. The molecule has 3 aromatic rings. The lowest BCUT2D eigenvalue weighted by Gasteiger charge is -2.31. The maximum absolute atomic E-state index is 13.4. The van der Waals surface area contributed by atoms with Crippen molar-refractivity contribution < 1.29 is 13.6 Å². The lowest BCUT2D eigenvalue weighted by molar-refractivity contribution is 0.0995. The van der Waals surface area contributed by atoms with Gasteiger partial charge in [-0.05, 0) is 73.7 Å². The lowest BCUT2D eigenvalue weighted by Crippen LogP contribution is -2.30. The molecule has 6 heteroatoms. The Morgan fingerprint density at radius 2 is 1.89 bits per heavy atom. The minimum absolute atomic E-state index is 0.180. The summed E-state index contributed by atoms with van der Waals surface area (Å²) in [5.74, 6) is -0.258. The summed E-state index contributed by atoms with van der Waals surface area (Å²) in [6.07, 6.45) is 2.08. The van der Waals surface area contributed by atoms with E-state index < -0.39 is 0 Å². The molecule has 0 saturated carbocycles. The molecule has 1 aliphatic heterocycles. The Balaban J connectivity index is 1.57. The fourth-order valence-electron chi connectivity index (χ4n) is 3.75. The highest BCUT2D eigenvalue weighted by Gasteiger charge is 2.20. The number of fused-ring (bicyclic) bond motifs is 1. The average Bonchev–Trinajstić information content (AvgIpc) is 3.10. The van der Waals surface area contributed by atoms with Gasteiger partial charge in [0, 0.05) is 24.5 Å². The largest absolute Gasteiger partial charge is 0.438 e. The molecular formula is C22H22FN3O2. The molecule has 1 aromatic heterocycles. The second-order valence-corrected chi connectivity index (χ2v) is 7.26. The number of rotatable bonds is 3. The molecule has 1 amide bonds. The van der Waals surface area contributed by atoms with Crippen molar-refractivity contribution in [2.75, 3.05) is 16.8 Å². The quantitative estimate of drug-likeness (QED) is 0.725. The number of hydrogen-bond donors (Lipinski definition) is 1. The molecule has 0 spiro atoms. The van der Waals surface area contributed by atoms with Crippen LogP contribution in [0.1, 0.15) is 38.5 Å². The predicted octanol–water partition coefficient (Wildman–Crippen LogP) is 4.55. The normalized spacial score (nSPS) is 13.4. The van der Waals surface area contributed by atoms with Crippen molar-refractivity contribution in [2.45, 2.75) is 33.7 Å². The first-order chi connectivity index (χ1) is 13.4. The summed E-state index contributed by atoms with van der Waals surface area (Å²) in [6.45, 7) is 7.27. The monoisotopic (exact) mass is 379 g/mol. The maximum atomic E-state index is 13.4. The van der Waals surface area contributed by atoms with E-state index in [-0.39, 0.29) is 17.5 Å². The highest BCUT2D eigenvalue weighted by atomic mass is 19.1. The van der Waals surface area contributed by atoms with Crippen LogP contribution in [0.3, 0.4) is 0 Å². The zero-order chi connectivity index (χ0) is 19.8. The smallest absolute Gasteiger partial charge is 0.293 e. The summed E-state index contributed by atoms with van der Waals surface area (Å²) in [7, 11) is 0. The molecule has 0 bridgehead atoms. The minimum Gasteiger partial charge on any atom is -0.438 e. The van der Waals surface area contributed by atoms with E-state index in [2.05, 4.69) is 27.3 Å². The van der Waals surface area contributed by atoms with E-state index in [0.29, 0.717) is 5.69 Å². The third-order valence-electron chi connectivity index (χ3n) is 5.25. The third-order valence-corrected chi connectivity index (χ3v) is 5.25. The number of carbonyl (C=O) groups excluding carboxylic acids is 1. The molecule has 2 aromatic carbocycles. The van der Waals surface area contributed by atoms with Gasteiger partial charge in [-0.15, -0.1) is 0 Å². The average molecular weight is 379 g/mol. The maximum Gasteiger partial charge on any atom is 0.293 e. The standard InChI is InChI=1S/C22H22FN3O2/c1-13-8-19(26-7-6-16-10-18(23)5-4-17(16)11-26)9-14(2)20(13)25-22(27)21-15(3)24-12-28-21/h4-5,8-10,12H,6-7,11H2,1-3H3,(H,25,27). The van der Waals surface area contributed by atoms with Gasteiger partial charge in [-0.3, -0.25) is 4.79 Å². The number of nitrogens with zero attached hydrogens (tertiary/aromatic N) is 2. The van der Waals surface area contributed by atoms with Crippen molar-refractivity contribution in [2.24, 2.45) is 0 Å². The van der Waals surface area contributed by atoms with E-state index in [4.69, 9.17) is 4.42 Å². The number of hydrogen-bond acceptors (Lipinski definition) is 4. The number of amides is 1. The topological polar surface area (TPSA) is 58.4 Å². The molecule has 0 unspecified atom stereocenters. The summed E-state index contributed by atoms with van der Waals surface area (Å²) in [5, 5.41) is 2.94. The molecule has 0 fully saturated rings. The van der Waals surface area contributed by atoms with E-state index in [1.54, 1.807) is 13.0 Å². The zero-order valence-electron chi connectivity index (χ0n) is 16.2. The molecule has 5 nitrogen and oxygen atoms in total. The number of aryl methyl sites for hydroxylation is 3. The van der Waals surface area contributed by atoms with Crippen molar-refractivity contribution in [1.29, 1.82) is 0 Å². The Bertz CT molecular complexity index is 1030. The number of aromatic nitrogens is 1. The van der Waals surface area contributed by atoms with Gasteiger partial charge >= 0.3 is 0 Å². The molecule has 0 aliphatic carbocycles. The number of halogens is 1. The summed E-state index contributed by atoms with van der Waals surface area (Å²) in [6, 6.07) is 9.16. The van der Waals surface area contributed by atoms with Crippen molar-refractivity contribution >= 4 is 17.3 Å². The molecule has 0 atom stereocenters. The number of anilines is 2. The van der Waals surface area contributed by atoms with Crippen LogP contribution < -0.4 is 10.2 Å². The van der Waals surface area contributed by atoms with Gasteiger partial charge in [-0.25, -0.2) is 9.37 Å². The van der Waals surface area contributed by atoms with Crippen molar-refractivity contribution in [3.63, 3.8) is 0 Å². The van der Waals surface area contributed by atoms with E-state index in [1.807, 2.05) is 19.9 Å². The van der Waals surface area contributed by atoms with Crippen molar-refractivity contribution in [3.05, 3.63) is 76.3 Å². The van der Waals surface area contributed by atoms with Gasteiger partial charge < -0.3 is 14.6 Å². The first-order valence-electron chi connectivity index (χ1n) is 9.27. The lowest BCUT2D eigenvalue weighted by atomic mass is 9.98. The zero-order valence-corrected chi connectivity index (χ0v) is 16.2. The molecule has 144 valence electrons. The van der Waals surface area contributed by atoms with Gasteiger partial charge in [0.15, 0.2) is 6.39 Å². The Kier molecular flexibility index (Phi) is 4.63. The van der Waals surface area contributed by atoms with Crippen LogP contribution in [-0.4, -0.2) is 17.4 Å². The highest BCUT2D eigenvalue weighted by molar-refractivity contribution is 6.03. The Morgan fingerprint density at radius 1 is 1.14 bits per heavy atom. The second-order valence-electron chi connectivity index (χ2n) is 7.26. The number of nitrogens with one attached hydrogen (secondary N) is 1. The molecule has 0 saturated heterocycles. The Hall–Kier alpha value is -3.15. The van der Waals surface area contributed by atoms with Crippen LogP contribution in [0.2, 0.25) is 0 Å². The van der Waals surface area contributed by atoms with Gasteiger partial charge in [0.25, 0.3) is 5.91 Å². The van der Waals surface area contributed by atoms with Crippen molar-refractivity contribution in [1.82, 2.24) is 4.98 Å². The van der Waals surface area contributed by atoms with Crippen LogP contribution in [0, 0.1) is 26.6 Å². The van der Waals surface area contributed by atoms with Crippen LogP contribution in [0.4, 0.5) is 15.8 Å².